The van der Waals surface area contributed by atoms with Gasteiger partial charge < -0.3 is 9.80 Å². The first-order chi connectivity index (χ1) is 16.0. The summed E-state index contributed by atoms with van der Waals surface area (Å²) in [5.41, 5.74) is 4.34. The van der Waals surface area contributed by atoms with E-state index in [2.05, 4.69) is 20.3 Å². The summed E-state index contributed by atoms with van der Waals surface area (Å²) >= 11 is 1.73. The van der Waals surface area contributed by atoms with Crippen LogP contribution >= 0.6 is 11.3 Å². The first kappa shape index (κ1) is 22.3. The second-order valence-corrected chi connectivity index (χ2v) is 10.4. The van der Waals surface area contributed by atoms with Gasteiger partial charge in [0, 0.05) is 76.1 Å². The van der Waals surface area contributed by atoms with E-state index >= 15 is 0 Å². The van der Waals surface area contributed by atoms with Crippen molar-refractivity contribution in [2.75, 3.05) is 44.2 Å². The summed E-state index contributed by atoms with van der Waals surface area (Å²) in [6.07, 6.45) is 7.60. The zero-order valence-electron chi connectivity index (χ0n) is 19.8. The molecule has 0 saturated carbocycles. The minimum atomic E-state index is 0.0631. The Kier molecular flexibility index (Phi) is 6.34. The van der Waals surface area contributed by atoms with E-state index in [0.29, 0.717) is 0 Å². The number of thiophene rings is 1. The third kappa shape index (κ3) is 4.61. The monoisotopic (exact) mass is 467 g/mol. The molecular formula is C24H33N7OS. The van der Waals surface area contributed by atoms with Gasteiger partial charge in [0.05, 0.1) is 22.1 Å². The van der Waals surface area contributed by atoms with Crippen LogP contribution < -0.4 is 4.90 Å². The summed E-state index contributed by atoms with van der Waals surface area (Å²) < 4.78 is 2.96. The standard InChI is InChI=1S/C24H33N7OS/c1-17(2)23(32)30-11-9-29(10-12-30)15-19-16-33-22-20(18-13-25-28(3)14-18)26-24(27-21(19)22)31-7-5-4-6-8-31/h13-14,16-17H,4-12,15H2,1-3H3. The minimum absolute atomic E-state index is 0.0631. The Morgan fingerprint density at radius 3 is 2.48 bits per heavy atom. The third-order valence-electron chi connectivity index (χ3n) is 6.67. The Hall–Kier alpha value is -2.52. The number of piperazine rings is 1. The lowest BCUT2D eigenvalue weighted by atomic mass is 10.1. The van der Waals surface area contributed by atoms with Gasteiger partial charge in [-0.15, -0.1) is 11.3 Å². The zero-order valence-corrected chi connectivity index (χ0v) is 20.6. The lowest BCUT2D eigenvalue weighted by Gasteiger charge is -2.35. The van der Waals surface area contributed by atoms with E-state index in [4.69, 9.17) is 9.97 Å². The van der Waals surface area contributed by atoms with E-state index < -0.39 is 0 Å². The second kappa shape index (κ2) is 9.38. The molecule has 0 bridgehead atoms. The molecule has 0 N–H and O–H groups in total. The molecule has 2 fully saturated rings. The van der Waals surface area contributed by atoms with Gasteiger partial charge >= 0.3 is 0 Å². The van der Waals surface area contributed by atoms with Crippen LogP contribution in [0.5, 0.6) is 0 Å². The van der Waals surface area contributed by atoms with Gasteiger partial charge in [-0.25, -0.2) is 9.97 Å². The fourth-order valence-corrected chi connectivity index (χ4v) is 5.78. The topological polar surface area (TPSA) is 70.4 Å². The molecule has 5 rings (SSSR count). The average Bonchev–Trinajstić information content (AvgIpc) is 3.45. The van der Waals surface area contributed by atoms with Crippen molar-refractivity contribution in [2.24, 2.45) is 13.0 Å². The number of rotatable bonds is 5. The summed E-state index contributed by atoms with van der Waals surface area (Å²) in [5.74, 6) is 1.16. The molecular weight excluding hydrogens is 434 g/mol. The van der Waals surface area contributed by atoms with Crippen LogP contribution in [0.15, 0.2) is 17.8 Å². The van der Waals surface area contributed by atoms with E-state index in [-0.39, 0.29) is 11.8 Å². The molecule has 2 aliphatic heterocycles. The quantitative estimate of drug-likeness (QED) is 0.573. The van der Waals surface area contributed by atoms with Gasteiger partial charge in [-0.2, -0.15) is 5.10 Å². The van der Waals surface area contributed by atoms with Gasteiger partial charge in [-0.05, 0) is 24.6 Å². The summed E-state index contributed by atoms with van der Waals surface area (Å²) in [4.78, 5) is 29.2. The summed E-state index contributed by atoms with van der Waals surface area (Å²) in [7, 11) is 1.94. The average molecular weight is 468 g/mol. The fraction of sp³-hybridized carbons (Fsp3) is 0.583. The number of carbonyl (C=O) groups is 1. The molecule has 5 heterocycles. The van der Waals surface area contributed by atoms with E-state index in [0.717, 1.165) is 73.2 Å². The SMILES string of the molecule is CC(C)C(=O)N1CCN(Cc2csc3c(-c4cnn(C)c4)nc(N4CCCCC4)nc23)CC1. The van der Waals surface area contributed by atoms with Gasteiger partial charge in [0.15, 0.2) is 0 Å². The van der Waals surface area contributed by atoms with Gasteiger partial charge in [0.2, 0.25) is 11.9 Å². The molecule has 2 aliphatic rings. The maximum absolute atomic E-state index is 12.3. The molecule has 0 atom stereocenters. The molecule has 9 heteroatoms. The largest absolute Gasteiger partial charge is 0.341 e. The van der Waals surface area contributed by atoms with Crippen LogP contribution in [0.1, 0.15) is 38.7 Å². The molecule has 3 aromatic rings. The Morgan fingerprint density at radius 1 is 1.06 bits per heavy atom. The van der Waals surface area contributed by atoms with E-state index in [1.807, 2.05) is 42.9 Å². The van der Waals surface area contributed by atoms with E-state index in [9.17, 15) is 4.79 Å². The molecule has 0 unspecified atom stereocenters. The number of piperidine rings is 1. The van der Waals surface area contributed by atoms with Crippen molar-refractivity contribution in [2.45, 2.75) is 39.7 Å². The first-order valence-electron chi connectivity index (χ1n) is 12.0. The smallest absolute Gasteiger partial charge is 0.226 e. The maximum Gasteiger partial charge on any atom is 0.226 e. The van der Waals surface area contributed by atoms with Crippen molar-refractivity contribution in [3.05, 3.63) is 23.3 Å². The number of anilines is 1. The number of fused-ring (bicyclic) bond motifs is 1. The third-order valence-corrected chi connectivity index (χ3v) is 7.69. The summed E-state index contributed by atoms with van der Waals surface area (Å²) in [6, 6.07) is 0. The molecule has 2 saturated heterocycles. The van der Waals surface area contributed by atoms with Crippen LogP contribution in [0.25, 0.3) is 21.5 Å². The number of hydrogen-bond acceptors (Lipinski definition) is 7. The van der Waals surface area contributed by atoms with Crippen LogP contribution in [0.2, 0.25) is 0 Å². The highest BCUT2D eigenvalue weighted by Gasteiger charge is 2.25. The van der Waals surface area contributed by atoms with Crippen LogP contribution in [0.4, 0.5) is 5.95 Å². The van der Waals surface area contributed by atoms with E-state index in [1.165, 1.54) is 24.8 Å². The Bertz CT molecular complexity index is 1120. The maximum atomic E-state index is 12.3. The van der Waals surface area contributed by atoms with Gasteiger partial charge in [0.25, 0.3) is 0 Å². The number of aromatic nitrogens is 4. The highest BCUT2D eigenvalue weighted by molar-refractivity contribution is 7.17. The molecule has 0 radical (unpaired) electrons. The Morgan fingerprint density at radius 2 is 1.82 bits per heavy atom. The number of hydrogen-bond donors (Lipinski definition) is 0. The van der Waals surface area contributed by atoms with Crippen molar-refractivity contribution < 1.29 is 4.79 Å². The van der Waals surface area contributed by atoms with Gasteiger partial charge in [-0.3, -0.25) is 14.4 Å². The van der Waals surface area contributed by atoms with Crippen molar-refractivity contribution in [1.29, 1.82) is 0 Å². The number of amides is 1. The molecule has 0 aliphatic carbocycles. The number of carbonyl (C=O) groups excluding carboxylic acids is 1. The van der Waals surface area contributed by atoms with Crippen molar-refractivity contribution in [3.8, 4) is 11.3 Å². The van der Waals surface area contributed by atoms with Gasteiger partial charge in [0.1, 0.15) is 0 Å². The molecule has 3 aromatic heterocycles. The van der Waals surface area contributed by atoms with Crippen LogP contribution in [-0.4, -0.2) is 74.7 Å². The van der Waals surface area contributed by atoms with Crippen LogP contribution in [0, 0.1) is 5.92 Å². The van der Waals surface area contributed by atoms with E-state index in [1.54, 1.807) is 11.3 Å². The highest BCUT2D eigenvalue weighted by atomic mass is 32.1. The summed E-state index contributed by atoms with van der Waals surface area (Å²) in [6.45, 7) is 10.2. The van der Waals surface area contributed by atoms with Crippen molar-refractivity contribution in [1.82, 2.24) is 29.5 Å². The lowest BCUT2D eigenvalue weighted by Crippen LogP contribution is -2.49. The van der Waals surface area contributed by atoms with Crippen molar-refractivity contribution in [3.63, 3.8) is 0 Å². The predicted octanol–water partition coefficient (Wildman–Crippen LogP) is 3.38. The number of aryl methyl sites for hydroxylation is 1. The Balaban J connectivity index is 1.43. The predicted molar refractivity (Wildman–Crippen MR) is 132 cm³/mol. The normalized spacial score (nSPS) is 17.9. The van der Waals surface area contributed by atoms with Crippen molar-refractivity contribution >= 4 is 33.4 Å². The molecule has 33 heavy (non-hydrogen) atoms. The number of nitrogens with zero attached hydrogens (tertiary/aromatic N) is 7. The van der Waals surface area contributed by atoms with Gasteiger partial charge in [-0.1, -0.05) is 13.8 Å². The van der Waals surface area contributed by atoms with Crippen LogP contribution in [0.3, 0.4) is 0 Å². The molecule has 0 aromatic carbocycles. The molecule has 0 spiro atoms. The summed E-state index contributed by atoms with van der Waals surface area (Å²) in [5, 5.41) is 6.62. The van der Waals surface area contributed by atoms with Crippen LogP contribution in [-0.2, 0) is 18.4 Å². The highest BCUT2D eigenvalue weighted by Crippen LogP contribution is 2.35. The first-order valence-corrected chi connectivity index (χ1v) is 12.9. The lowest BCUT2D eigenvalue weighted by molar-refractivity contribution is -0.136. The molecule has 176 valence electrons. The zero-order chi connectivity index (χ0) is 22.9. The Labute approximate surface area is 199 Å². The molecule has 1 amide bonds. The second-order valence-electron chi connectivity index (χ2n) is 9.52. The molecule has 8 nitrogen and oxygen atoms in total. The minimum Gasteiger partial charge on any atom is -0.341 e. The fourth-order valence-electron chi connectivity index (χ4n) is 4.77.